The van der Waals surface area contributed by atoms with Gasteiger partial charge in [0.15, 0.2) is 0 Å². The van der Waals surface area contributed by atoms with Crippen LogP contribution in [0.25, 0.3) is 0 Å². The van der Waals surface area contributed by atoms with E-state index in [4.69, 9.17) is 0 Å². The highest BCUT2D eigenvalue weighted by molar-refractivity contribution is 5.84. The average Bonchev–Trinajstić information content (AvgIpc) is 2.59. The lowest BCUT2D eigenvalue weighted by molar-refractivity contribution is -0.173. The first-order valence-electron chi connectivity index (χ1n) is 11.1. The Labute approximate surface area is 164 Å². The molecule has 27 heavy (non-hydrogen) atoms. The maximum absolute atomic E-state index is 14.0. The van der Waals surface area contributed by atoms with Crippen LogP contribution in [-0.2, 0) is 10.2 Å². The van der Waals surface area contributed by atoms with Crippen molar-refractivity contribution in [1.29, 1.82) is 0 Å². The molecule has 5 aliphatic rings. The summed E-state index contributed by atoms with van der Waals surface area (Å²) in [6.45, 7) is 9.08. The number of rotatable bonds is 2. The van der Waals surface area contributed by atoms with Crippen LogP contribution < -0.4 is 0 Å². The van der Waals surface area contributed by atoms with Gasteiger partial charge in [-0.2, -0.15) is 0 Å². The van der Waals surface area contributed by atoms with Crippen LogP contribution in [0.2, 0.25) is 0 Å². The molecule has 0 radical (unpaired) electrons. The Morgan fingerprint density at radius 3 is 2.48 bits per heavy atom. The van der Waals surface area contributed by atoms with Crippen molar-refractivity contribution < 1.29 is 4.79 Å². The van der Waals surface area contributed by atoms with Gasteiger partial charge in [-0.3, -0.25) is 4.79 Å². The van der Waals surface area contributed by atoms with Gasteiger partial charge in [-0.25, -0.2) is 0 Å². The molecular weight excluding hydrogens is 330 g/mol. The zero-order valence-corrected chi connectivity index (χ0v) is 17.4. The molecule has 1 aromatic rings. The fourth-order valence-corrected chi connectivity index (χ4v) is 8.20. The van der Waals surface area contributed by atoms with E-state index in [1.807, 2.05) is 0 Å². The summed E-state index contributed by atoms with van der Waals surface area (Å²) in [4.78, 5) is 16.2. The SMILES string of the molecule is CC1(C)CCCN(C(=O)C23CC4C[C@@](C)(C2)C[C@](c2ccccc2)(C4)C3)C1. The second kappa shape index (κ2) is 5.61. The molecule has 4 aliphatic carbocycles. The quantitative estimate of drug-likeness (QED) is 0.671. The number of likely N-dealkylation sites (tertiary alicyclic amines) is 1. The highest BCUT2D eigenvalue weighted by atomic mass is 16.2. The van der Waals surface area contributed by atoms with Crippen molar-refractivity contribution >= 4 is 5.91 Å². The number of amides is 1. The van der Waals surface area contributed by atoms with E-state index in [2.05, 4.69) is 56.0 Å². The molecule has 1 saturated heterocycles. The third-order valence-corrected chi connectivity index (χ3v) is 8.37. The molecule has 5 fully saturated rings. The van der Waals surface area contributed by atoms with Gasteiger partial charge in [-0.05, 0) is 79.1 Å². The van der Waals surface area contributed by atoms with Crippen molar-refractivity contribution in [3.63, 3.8) is 0 Å². The molecule has 2 heteroatoms. The molecule has 1 amide bonds. The second-order valence-electron chi connectivity index (χ2n) is 11.7. The molecule has 1 aromatic carbocycles. The Bertz CT molecular complexity index is 755. The third kappa shape index (κ3) is 2.77. The number of carbonyl (C=O) groups is 1. The van der Waals surface area contributed by atoms with Gasteiger partial charge in [0.25, 0.3) is 0 Å². The van der Waals surface area contributed by atoms with Crippen LogP contribution in [-0.4, -0.2) is 23.9 Å². The maximum atomic E-state index is 14.0. The Kier molecular flexibility index (Phi) is 3.69. The number of hydrogen-bond donors (Lipinski definition) is 0. The van der Waals surface area contributed by atoms with Crippen LogP contribution in [0, 0.1) is 22.2 Å². The van der Waals surface area contributed by atoms with Crippen LogP contribution >= 0.6 is 0 Å². The zero-order valence-electron chi connectivity index (χ0n) is 17.4. The van der Waals surface area contributed by atoms with Crippen molar-refractivity contribution in [2.75, 3.05) is 13.1 Å². The fraction of sp³-hybridized carbons (Fsp3) is 0.720. The van der Waals surface area contributed by atoms with E-state index in [1.165, 1.54) is 37.7 Å². The lowest BCUT2D eigenvalue weighted by Gasteiger charge is -2.66. The summed E-state index contributed by atoms with van der Waals surface area (Å²) in [6, 6.07) is 11.2. The van der Waals surface area contributed by atoms with Gasteiger partial charge in [0, 0.05) is 13.1 Å². The van der Waals surface area contributed by atoms with Crippen molar-refractivity contribution in [1.82, 2.24) is 4.90 Å². The molecule has 0 N–H and O–H groups in total. The lowest BCUT2D eigenvalue weighted by Crippen LogP contribution is -2.63. The minimum absolute atomic E-state index is 0.0998. The summed E-state index contributed by atoms with van der Waals surface area (Å²) in [5.74, 6) is 1.24. The first-order valence-corrected chi connectivity index (χ1v) is 11.1. The smallest absolute Gasteiger partial charge is 0.228 e. The Hall–Kier alpha value is -1.31. The Morgan fingerprint density at radius 2 is 1.78 bits per heavy atom. The fourth-order valence-electron chi connectivity index (χ4n) is 8.20. The van der Waals surface area contributed by atoms with Crippen molar-refractivity contribution in [2.24, 2.45) is 22.2 Å². The summed E-state index contributed by atoms with van der Waals surface area (Å²) in [5, 5.41) is 0. The molecule has 0 spiro atoms. The number of piperidine rings is 1. The Morgan fingerprint density at radius 1 is 1.00 bits per heavy atom. The van der Waals surface area contributed by atoms with Crippen LogP contribution in [0.3, 0.4) is 0 Å². The summed E-state index contributed by atoms with van der Waals surface area (Å²) in [6.07, 6.45) is 9.69. The van der Waals surface area contributed by atoms with Crippen molar-refractivity contribution in [3.8, 4) is 0 Å². The molecule has 2 unspecified atom stereocenters. The van der Waals surface area contributed by atoms with Crippen LogP contribution in [0.5, 0.6) is 0 Å². The zero-order chi connectivity index (χ0) is 18.9. The van der Waals surface area contributed by atoms with Crippen molar-refractivity contribution in [3.05, 3.63) is 35.9 Å². The molecule has 4 saturated carbocycles. The molecule has 1 heterocycles. The first kappa shape index (κ1) is 17.8. The van der Waals surface area contributed by atoms with E-state index in [-0.39, 0.29) is 16.2 Å². The van der Waals surface area contributed by atoms with E-state index in [1.54, 1.807) is 0 Å². The third-order valence-electron chi connectivity index (χ3n) is 8.37. The van der Waals surface area contributed by atoms with Crippen molar-refractivity contribution in [2.45, 2.75) is 77.6 Å². The monoisotopic (exact) mass is 365 g/mol. The Balaban J connectivity index is 1.52. The molecule has 1 aliphatic heterocycles. The maximum Gasteiger partial charge on any atom is 0.228 e. The van der Waals surface area contributed by atoms with Gasteiger partial charge in [0.2, 0.25) is 5.91 Å². The number of carbonyl (C=O) groups excluding carboxylic acids is 1. The molecule has 6 rings (SSSR count). The van der Waals surface area contributed by atoms with Gasteiger partial charge < -0.3 is 4.90 Å². The van der Waals surface area contributed by atoms with Gasteiger partial charge in [0.1, 0.15) is 0 Å². The second-order valence-corrected chi connectivity index (χ2v) is 11.7. The molecule has 2 nitrogen and oxygen atoms in total. The number of hydrogen-bond acceptors (Lipinski definition) is 1. The molecule has 4 atom stereocenters. The summed E-state index contributed by atoms with van der Waals surface area (Å²) in [7, 11) is 0. The van der Waals surface area contributed by atoms with E-state index >= 15 is 0 Å². The molecule has 4 bridgehead atoms. The lowest BCUT2D eigenvalue weighted by atomic mass is 9.38. The predicted molar refractivity (Wildman–Crippen MR) is 109 cm³/mol. The topological polar surface area (TPSA) is 20.3 Å². The number of benzene rings is 1. The highest BCUT2D eigenvalue weighted by Gasteiger charge is 2.65. The van der Waals surface area contributed by atoms with Crippen LogP contribution in [0.15, 0.2) is 30.3 Å². The van der Waals surface area contributed by atoms with E-state index in [0.29, 0.717) is 11.3 Å². The summed E-state index contributed by atoms with van der Waals surface area (Å²) >= 11 is 0. The molecular formula is C25H35NO. The normalized spacial score (nSPS) is 42.3. The van der Waals surface area contributed by atoms with Gasteiger partial charge in [-0.1, -0.05) is 51.1 Å². The average molecular weight is 366 g/mol. The minimum atomic E-state index is -0.0998. The van der Waals surface area contributed by atoms with E-state index < -0.39 is 0 Å². The molecule has 146 valence electrons. The summed E-state index contributed by atoms with van der Waals surface area (Å²) in [5.41, 5.74) is 2.25. The summed E-state index contributed by atoms with van der Waals surface area (Å²) < 4.78 is 0. The van der Waals surface area contributed by atoms with E-state index in [9.17, 15) is 4.79 Å². The first-order chi connectivity index (χ1) is 12.7. The number of nitrogens with zero attached hydrogens (tertiary/aromatic N) is 1. The highest BCUT2D eigenvalue weighted by Crippen LogP contribution is 2.70. The largest absolute Gasteiger partial charge is 0.342 e. The van der Waals surface area contributed by atoms with Crippen LogP contribution in [0.1, 0.15) is 77.7 Å². The predicted octanol–water partition coefficient (Wildman–Crippen LogP) is 5.56. The van der Waals surface area contributed by atoms with Crippen LogP contribution in [0.4, 0.5) is 0 Å². The molecule has 0 aromatic heterocycles. The minimum Gasteiger partial charge on any atom is -0.342 e. The standard InChI is InChI=1S/C25H35NO/c1-22(2)10-7-11-26(18-22)21(27)25-14-19-12-23(3,16-25)15-24(13-19,17-25)20-8-5-4-6-9-20/h4-6,8-9,19H,7,10-18H2,1-3H3/t19?,23-,24-,25?/m1/s1. The van der Waals surface area contributed by atoms with Gasteiger partial charge in [-0.15, -0.1) is 0 Å². The van der Waals surface area contributed by atoms with E-state index in [0.717, 1.165) is 38.3 Å². The van der Waals surface area contributed by atoms with Gasteiger partial charge >= 0.3 is 0 Å². The van der Waals surface area contributed by atoms with Gasteiger partial charge in [0.05, 0.1) is 5.41 Å².